The van der Waals surface area contributed by atoms with Crippen molar-refractivity contribution in [2.75, 3.05) is 10.2 Å². The molecule has 1 aliphatic rings. The number of aryl methyl sites for hydroxylation is 1. The van der Waals surface area contributed by atoms with Crippen LogP contribution in [0.4, 0.5) is 11.4 Å². The number of hydrogen-bond acceptors (Lipinski definition) is 4. The van der Waals surface area contributed by atoms with E-state index >= 15 is 0 Å². The molecule has 3 aromatic carbocycles. The van der Waals surface area contributed by atoms with Crippen LogP contribution in [0.3, 0.4) is 0 Å². The van der Waals surface area contributed by atoms with Crippen molar-refractivity contribution in [2.45, 2.75) is 6.92 Å². The maximum Gasteiger partial charge on any atom is 0.282 e. The first-order valence-corrected chi connectivity index (χ1v) is 10.5. The molecule has 4 nitrogen and oxygen atoms in total. The van der Waals surface area contributed by atoms with Crippen molar-refractivity contribution in [3.05, 3.63) is 100 Å². The highest BCUT2D eigenvalue weighted by atomic mass is 32.1. The van der Waals surface area contributed by atoms with Crippen LogP contribution in [-0.4, -0.2) is 11.8 Å². The average Bonchev–Trinajstić information content (AvgIpc) is 3.36. The average molecular weight is 410 g/mol. The van der Waals surface area contributed by atoms with Crippen LogP contribution in [0.15, 0.2) is 89.9 Å². The zero-order valence-corrected chi connectivity index (χ0v) is 17.1. The normalized spacial score (nSPS) is 14.1. The molecule has 1 aliphatic heterocycles. The summed E-state index contributed by atoms with van der Waals surface area (Å²) in [4.78, 5) is 29.1. The summed E-state index contributed by atoms with van der Waals surface area (Å²) in [5.41, 5.74) is 3.20. The van der Waals surface area contributed by atoms with Crippen LogP contribution in [0, 0.1) is 6.92 Å². The largest absolute Gasteiger partial charge is 0.350 e. The molecule has 0 saturated carbocycles. The fourth-order valence-electron chi connectivity index (χ4n) is 3.70. The van der Waals surface area contributed by atoms with Crippen molar-refractivity contribution in [1.82, 2.24) is 0 Å². The van der Waals surface area contributed by atoms with Crippen LogP contribution in [0.1, 0.15) is 10.4 Å². The van der Waals surface area contributed by atoms with Crippen LogP contribution in [0.5, 0.6) is 0 Å². The summed E-state index contributed by atoms with van der Waals surface area (Å²) in [5, 5.41) is 6.96. The van der Waals surface area contributed by atoms with Gasteiger partial charge in [-0.05, 0) is 42.0 Å². The van der Waals surface area contributed by atoms with Crippen LogP contribution < -0.4 is 10.2 Å². The number of nitrogens with zero attached hydrogens (tertiary/aromatic N) is 1. The van der Waals surface area contributed by atoms with Crippen molar-refractivity contribution in [1.29, 1.82) is 0 Å². The first kappa shape index (κ1) is 18.3. The molecule has 0 atom stereocenters. The number of amides is 2. The van der Waals surface area contributed by atoms with Crippen molar-refractivity contribution >= 4 is 50.9 Å². The highest BCUT2D eigenvalue weighted by Crippen LogP contribution is 2.38. The summed E-state index contributed by atoms with van der Waals surface area (Å²) >= 11 is 1.45. The Balaban J connectivity index is 1.64. The lowest BCUT2D eigenvalue weighted by molar-refractivity contribution is -0.120. The van der Waals surface area contributed by atoms with E-state index in [2.05, 4.69) is 5.32 Å². The summed E-state index contributed by atoms with van der Waals surface area (Å²) in [6, 6.07) is 24.9. The summed E-state index contributed by atoms with van der Waals surface area (Å²) in [5.74, 6) is -0.659. The maximum atomic E-state index is 13.5. The van der Waals surface area contributed by atoms with E-state index in [-0.39, 0.29) is 11.8 Å². The number of thiophene rings is 1. The minimum Gasteiger partial charge on any atom is -0.350 e. The molecule has 0 unspecified atom stereocenters. The molecule has 1 N–H and O–H groups in total. The second-order valence-electron chi connectivity index (χ2n) is 7.16. The van der Waals surface area contributed by atoms with E-state index < -0.39 is 0 Å². The summed E-state index contributed by atoms with van der Waals surface area (Å²) < 4.78 is 0. The van der Waals surface area contributed by atoms with Crippen molar-refractivity contribution in [2.24, 2.45) is 0 Å². The molecule has 1 aromatic heterocycles. The Morgan fingerprint density at radius 2 is 1.57 bits per heavy atom. The molecule has 30 heavy (non-hydrogen) atoms. The van der Waals surface area contributed by atoms with E-state index in [1.165, 1.54) is 16.2 Å². The number of imide groups is 1. The Morgan fingerprint density at radius 3 is 2.33 bits per heavy atom. The van der Waals surface area contributed by atoms with Gasteiger partial charge in [0.25, 0.3) is 11.8 Å². The van der Waals surface area contributed by atoms with E-state index in [0.717, 1.165) is 26.9 Å². The molecular weight excluding hydrogens is 392 g/mol. The van der Waals surface area contributed by atoms with Crippen LogP contribution in [-0.2, 0) is 9.59 Å². The van der Waals surface area contributed by atoms with Gasteiger partial charge < -0.3 is 5.32 Å². The van der Waals surface area contributed by atoms with Gasteiger partial charge in [0, 0.05) is 16.0 Å². The minimum atomic E-state index is -0.347. The molecule has 0 aliphatic carbocycles. The molecule has 0 bridgehead atoms. The van der Waals surface area contributed by atoms with Crippen LogP contribution >= 0.6 is 11.3 Å². The molecule has 0 fully saturated rings. The Hall–Kier alpha value is -3.70. The Morgan fingerprint density at radius 1 is 0.800 bits per heavy atom. The fraction of sp³-hybridized carbons (Fsp3) is 0.0400. The number of nitrogens with one attached hydrogen (secondary N) is 1. The molecule has 146 valence electrons. The lowest BCUT2D eigenvalue weighted by Gasteiger charge is -2.17. The standard InChI is InChI=1S/C25H18N2O2S/c1-16-11-13-18(14-12-16)26-23-22(21-10-5-15-30-21)24(28)27(25(23)29)20-9-4-7-17-6-2-3-8-19(17)20/h2-15,26H,1H3. The highest BCUT2D eigenvalue weighted by Gasteiger charge is 2.41. The molecular formula is C25H18N2O2S. The number of carbonyl (C=O) groups is 2. The zero-order chi connectivity index (χ0) is 20.7. The van der Waals surface area contributed by atoms with Gasteiger partial charge in [-0.2, -0.15) is 0 Å². The number of benzene rings is 3. The third-order valence-electron chi connectivity index (χ3n) is 5.18. The van der Waals surface area contributed by atoms with Gasteiger partial charge in [-0.25, -0.2) is 4.90 Å². The van der Waals surface area contributed by atoms with Gasteiger partial charge in [0.15, 0.2) is 0 Å². The van der Waals surface area contributed by atoms with E-state index in [4.69, 9.17) is 0 Å². The third kappa shape index (κ3) is 3.00. The number of rotatable bonds is 4. The predicted octanol–water partition coefficient (Wildman–Crippen LogP) is 5.61. The van der Waals surface area contributed by atoms with Gasteiger partial charge in [0.1, 0.15) is 5.70 Å². The van der Waals surface area contributed by atoms with E-state index in [1.54, 1.807) is 0 Å². The molecule has 2 amide bonds. The van der Waals surface area contributed by atoms with Gasteiger partial charge in [-0.3, -0.25) is 9.59 Å². The number of anilines is 2. The quantitative estimate of drug-likeness (QED) is 0.445. The minimum absolute atomic E-state index is 0.305. The molecule has 0 radical (unpaired) electrons. The van der Waals surface area contributed by atoms with Crippen molar-refractivity contribution in [3.8, 4) is 0 Å². The third-order valence-corrected chi connectivity index (χ3v) is 6.07. The van der Waals surface area contributed by atoms with E-state index in [0.29, 0.717) is 17.0 Å². The number of fused-ring (bicyclic) bond motifs is 1. The predicted molar refractivity (Wildman–Crippen MR) is 122 cm³/mol. The topological polar surface area (TPSA) is 49.4 Å². The van der Waals surface area contributed by atoms with E-state index in [9.17, 15) is 9.59 Å². The number of carbonyl (C=O) groups excluding carboxylic acids is 2. The Bertz CT molecular complexity index is 1300. The lowest BCUT2D eigenvalue weighted by Crippen LogP contribution is -2.32. The Kier molecular flexibility index (Phi) is 4.45. The number of hydrogen-bond donors (Lipinski definition) is 1. The second kappa shape index (κ2) is 7.28. The highest BCUT2D eigenvalue weighted by molar-refractivity contribution is 7.11. The molecule has 2 heterocycles. The molecule has 5 heteroatoms. The van der Waals surface area contributed by atoms with Gasteiger partial charge in [-0.1, -0.05) is 60.2 Å². The molecule has 5 rings (SSSR count). The summed E-state index contributed by atoms with van der Waals surface area (Å²) in [6.07, 6.45) is 0. The monoisotopic (exact) mass is 410 g/mol. The second-order valence-corrected chi connectivity index (χ2v) is 8.11. The smallest absolute Gasteiger partial charge is 0.282 e. The summed E-state index contributed by atoms with van der Waals surface area (Å²) in [6.45, 7) is 2.01. The first-order chi connectivity index (χ1) is 14.6. The van der Waals surface area contributed by atoms with Crippen LogP contribution in [0.25, 0.3) is 16.3 Å². The molecule has 4 aromatic rings. The van der Waals surface area contributed by atoms with Gasteiger partial charge >= 0.3 is 0 Å². The van der Waals surface area contributed by atoms with Gasteiger partial charge in [0.05, 0.1) is 11.3 Å². The fourth-order valence-corrected chi connectivity index (χ4v) is 4.47. The van der Waals surface area contributed by atoms with E-state index in [1.807, 2.05) is 91.2 Å². The van der Waals surface area contributed by atoms with Crippen molar-refractivity contribution < 1.29 is 9.59 Å². The zero-order valence-electron chi connectivity index (χ0n) is 16.3. The first-order valence-electron chi connectivity index (χ1n) is 9.62. The maximum absolute atomic E-state index is 13.5. The van der Waals surface area contributed by atoms with Crippen LogP contribution in [0.2, 0.25) is 0 Å². The van der Waals surface area contributed by atoms with Gasteiger partial charge in [-0.15, -0.1) is 11.3 Å². The SMILES string of the molecule is Cc1ccc(NC2=C(c3cccs3)C(=O)N(c3cccc4ccccc34)C2=O)cc1. The Labute approximate surface area is 178 Å². The molecule has 0 saturated heterocycles. The molecule has 0 spiro atoms. The van der Waals surface area contributed by atoms with Crippen molar-refractivity contribution in [3.63, 3.8) is 0 Å². The summed E-state index contributed by atoms with van der Waals surface area (Å²) in [7, 11) is 0. The van der Waals surface area contributed by atoms with Gasteiger partial charge in [0.2, 0.25) is 0 Å². The lowest BCUT2D eigenvalue weighted by atomic mass is 10.1.